The number of anilines is 2. The molecule has 1 aliphatic rings. The maximum atomic E-state index is 13.4. The van der Waals surface area contributed by atoms with Gasteiger partial charge in [0, 0.05) is 61.8 Å². The molecule has 2 aromatic heterocycles. The Morgan fingerprint density at radius 3 is 2.24 bits per heavy atom. The second-order valence-electron chi connectivity index (χ2n) is 12.2. The zero-order valence-electron chi connectivity index (χ0n) is 26.7. The second-order valence-corrected chi connectivity index (χ2v) is 12.2. The molecular weight excluding hydrogens is 566 g/mol. The average Bonchev–Trinajstić information content (AvgIpc) is 3.32. The summed E-state index contributed by atoms with van der Waals surface area (Å²) in [6.07, 6.45) is 3.02. The summed E-state index contributed by atoms with van der Waals surface area (Å²) >= 11 is 0. The lowest BCUT2D eigenvalue weighted by Crippen LogP contribution is -2.27. The number of nitrogens with one attached hydrogen (secondary N) is 2. The maximum Gasteiger partial charge on any atom is 0.291 e. The van der Waals surface area contributed by atoms with E-state index in [1.165, 1.54) is 6.20 Å². The first-order valence-electron chi connectivity index (χ1n) is 15.0. The van der Waals surface area contributed by atoms with Crippen molar-refractivity contribution in [2.45, 2.75) is 59.1 Å². The number of aliphatic hydroxyl groups is 1. The highest BCUT2D eigenvalue weighted by atomic mass is 16.3. The lowest BCUT2D eigenvalue weighted by molar-refractivity contribution is 0.0770. The number of aromatic nitrogens is 3. The molecule has 1 aliphatic heterocycles. The van der Waals surface area contributed by atoms with Crippen LogP contribution >= 0.6 is 0 Å². The summed E-state index contributed by atoms with van der Waals surface area (Å²) in [5.41, 5.74) is 7.28. The van der Waals surface area contributed by atoms with Crippen LogP contribution in [0.15, 0.2) is 48.7 Å². The Labute approximate surface area is 263 Å². The summed E-state index contributed by atoms with van der Waals surface area (Å²) in [6.45, 7) is 8.87. The zero-order chi connectivity index (χ0) is 32.5. The molecule has 0 radical (unpaired) electrons. The van der Waals surface area contributed by atoms with Gasteiger partial charge in [0.15, 0.2) is 5.82 Å². The Bertz CT molecular complexity index is 1830. The van der Waals surface area contributed by atoms with Crippen LogP contribution in [0.4, 0.5) is 11.4 Å². The summed E-state index contributed by atoms with van der Waals surface area (Å²) in [4.78, 5) is 37.9. The van der Waals surface area contributed by atoms with Gasteiger partial charge in [-0.1, -0.05) is 24.3 Å². The van der Waals surface area contributed by atoms with Crippen molar-refractivity contribution in [1.29, 1.82) is 5.26 Å². The van der Waals surface area contributed by atoms with Crippen LogP contribution in [0.3, 0.4) is 0 Å². The van der Waals surface area contributed by atoms with Crippen LogP contribution in [0.1, 0.15) is 75.0 Å². The van der Waals surface area contributed by atoms with Gasteiger partial charge in [-0.05, 0) is 87.2 Å². The molecule has 3 N–H and O–H groups in total. The maximum absolute atomic E-state index is 13.4. The van der Waals surface area contributed by atoms with E-state index in [4.69, 9.17) is 5.26 Å². The summed E-state index contributed by atoms with van der Waals surface area (Å²) < 4.78 is 1.90. The van der Waals surface area contributed by atoms with E-state index in [0.717, 1.165) is 53.2 Å². The van der Waals surface area contributed by atoms with Gasteiger partial charge < -0.3 is 25.2 Å². The fraction of sp³-hybridized carbons (Fsp3) is 0.343. The van der Waals surface area contributed by atoms with Crippen molar-refractivity contribution in [2.75, 3.05) is 24.2 Å². The topological polar surface area (TPSA) is 136 Å². The minimum Gasteiger partial charge on any atom is -0.386 e. The molecular formula is C35H39N7O3. The Morgan fingerprint density at radius 2 is 1.64 bits per heavy atom. The van der Waals surface area contributed by atoms with E-state index in [1.807, 2.05) is 61.9 Å². The molecule has 0 aliphatic carbocycles. The SMILES string of the molecule is Cc1c(NC(=O)c2cc(CCC#N)c(C(C)(C)O)cn2)cccc1-c1cccc(NC(=O)c2nc3c(n2C)CCN(C)C3)c1C. The van der Waals surface area contributed by atoms with E-state index in [-0.39, 0.29) is 18.0 Å². The molecule has 0 saturated heterocycles. The lowest BCUT2D eigenvalue weighted by atomic mass is 9.92. The molecule has 10 nitrogen and oxygen atoms in total. The largest absolute Gasteiger partial charge is 0.386 e. The predicted octanol–water partition coefficient (Wildman–Crippen LogP) is 5.28. The third-order valence-electron chi connectivity index (χ3n) is 8.49. The first kappa shape index (κ1) is 31.6. The van der Waals surface area contributed by atoms with Crippen LogP contribution < -0.4 is 10.6 Å². The summed E-state index contributed by atoms with van der Waals surface area (Å²) in [7, 11) is 3.94. The van der Waals surface area contributed by atoms with Gasteiger partial charge in [0.1, 0.15) is 5.69 Å². The fourth-order valence-corrected chi connectivity index (χ4v) is 5.92. The van der Waals surface area contributed by atoms with Gasteiger partial charge in [0.2, 0.25) is 0 Å². The number of rotatable bonds is 8. The standard InChI is InChI=1S/C35H39N7O3/c1-21-24(11-7-13-27(21)39-33(43)29-18-23(10-9-16-36)26(19-37-29)35(3,4)45)25-12-8-14-28(22(25)2)40-34(44)32-38-30-20-41(5)17-15-31(30)42(32)6/h7-8,11-14,18-19,45H,9-10,15,17,20H2,1-6H3,(H,39,43)(H,40,44). The molecule has 0 spiro atoms. The Hall–Kier alpha value is -4.85. The molecule has 2 aromatic carbocycles. The predicted molar refractivity (Wildman–Crippen MR) is 174 cm³/mol. The van der Waals surface area contributed by atoms with E-state index in [0.29, 0.717) is 34.7 Å². The number of nitrogens with zero attached hydrogens (tertiary/aromatic N) is 5. The molecule has 0 bridgehead atoms. The van der Waals surface area contributed by atoms with Crippen molar-refractivity contribution in [2.24, 2.45) is 7.05 Å². The Morgan fingerprint density at radius 1 is 1.02 bits per heavy atom. The van der Waals surface area contributed by atoms with Crippen LogP contribution in [0, 0.1) is 25.2 Å². The number of aryl methyl sites for hydroxylation is 1. The van der Waals surface area contributed by atoms with Gasteiger partial charge in [-0.2, -0.15) is 5.26 Å². The number of hydrogen-bond donors (Lipinski definition) is 3. The molecule has 0 atom stereocenters. The van der Waals surface area contributed by atoms with Gasteiger partial charge >= 0.3 is 0 Å². The molecule has 10 heteroatoms. The molecule has 232 valence electrons. The molecule has 5 rings (SSSR count). The molecule has 0 saturated carbocycles. The minimum absolute atomic E-state index is 0.198. The third kappa shape index (κ3) is 6.50. The first-order chi connectivity index (χ1) is 21.4. The molecule has 0 unspecified atom stereocenters. The van der Waals surface area contributed by atoms with Crippen molar-refractivity contribution in [3.63, 3.8) is 0 Å². The van der Waals surface area contributed by atoms with E-state index in [9.17, 15) is 14.7 Å². The van der Waals surface area contributed by atoms with E-state index in [1.54, 1.807) is 19.9 Å². The average molecular weight is 606 g/mol. The number of carbonyl (C=O) groups excluding carboxylic acids is 2. The number of fused-ring (bicyclic) bond motifs is 1. The van der Waals surface area contributed by atoms with Gasteiger partial charge in [0.25, 0.3) is 11.8 Å². The highest BCUT2D eigenvalue weighted by Crippen LogP contribution is 2.34. The summed E-state index contributed by atoms with van der Waals surface area (Å²) in [6, 6.07) is 15.2. The zero-order valence-corrected chi connectivity index (χ0v) is 26.7. The lowest BCUT2D eigenvalue weighted by Gasteiger charge is -2.21. The first-order valence-corrected chi connectivity index (χ1v) is 15.0. The number of benzene rings is 2. The van der Waals surface area contributed by atoms with Crippen LogP contribution in [0.25, 0.3) is 11.1 Å². The number of nitriles is 1. The quantitative estimate of drug-likeness (QED) is 0.249. The molecule has 2 amide bonds. The number of likely N-dealkylation sites (N-methyl/N-ethyl adjacent to an activating group) is 1. The van der Waals surface area contributed by atoms with E-state index < -0.39 is 11.5 Å². The Kier molecular flexibility index (Phi) is 8.87. The van der Waals surface area contributed by atoms with Gasteiger partial charge in [-0.15, -0.1) is 0 Å². The van der Waals surface area contributed by atoms with Crippen molar-refractivity contribution >= 4 is 23.2 Å². The monoisotopic (exact) mass is 605 g/mol. The van der Waals surface area contributed by atoms with Gasteiger partial charge in [-0.25, -0.2) is 4.98 Å². The van der Waals surface area contributed by atoms with Crippen molar-refractivity contribution in [3.05, 3.63) is 93.8 Å². The van der Waals surface area contributed by atoms with Crippen LogP contribution in [-0.4, -0.2) is 49.9 Å². The summed E-state index contributed by atoms with van der Waals surface area (Å²) in [5.74, 6) is -0.261. The number of imidazole rings is 1. The van der Waals surface area contributed by atoms with Crippen LogP contribution in [-0.2, 0) is 32.0 Å². The third-order valence-corrected chi connectivity index (χ3v) is 8.49. The van der Waals surface area contributed by atoms with E-state index in [2.05, 4.69) is 38.6 Å². The molecule has 0 fully saturated rings. The Balaban J connectivity index is 1.39. The smallest absolute Gasteiger partial charge is 0.291 e. The van der Waals surface area contributed by atoms with Gasteiger partial charge in [-0.3, -0.25) is 14.6 Å². The normalized spacial score (nSPS) is 13.2. The minimum atomic E-state index is -1.16. The molecule has 3 heterocycles. The second kappa shape index (κ2) is 12.6. The van der Waals surface area contributed by atoms with E-state index >= 15 is 0 Å². The number of hydrogen-bond acceptors (Lipinski definition) is 7. The van der Waals surface area contributed by atoms with Crippen LogP contribution in [0.2, 0.25) is 0 Å². The van der Waals surface area contributed by atoms with Crippen LogP contribution in [0.5, 0.6) is 0 Å². The highest BCUT2D eigenvalue weighted by Gasteiger charge is 2.25. The van der Waals surface area contributed by atoms with Crippen molar-refractivity contribution in [3.8, 4) is 17.2 Å². The molecule has 45 heavy (non-hydrogen) atoms. The molecule has 4 aromatic rings. The number of amides is 2. The number of carbonyl (C=O) groups is 2. The highest BCUT2D eigenvalue weighted by molar-refractivity contribution is 6.05. The summed E-state index contributed by atoms with van der Waals surface area (Å²) in [5, 5.41) is 25.7. The van der Waals surface area contributed by atoms with Crippen molar-refractivity contribution < 1.29 is 14.7 Å². The van der Waals surface area contributed by atoms with Crippen molar-refractivity contribution in [1.82, 2.24) is 19.4 Å². The fourth-order valence-electron chi connectivity index (χ4n) is 5.92. The van der Waals surface area contributed by atoms with Gasteiger partial charge in [0.05, 0.1) is 17.4 Å². The number of pyridine rings is 1.